The SMILES string of the molecule is CC(C)CNc1ncc(F)cc1CO. The van der Waals surface area contributed by atoms with E-state index in [9.17, 15) is 4.39 Å². The Morgan fingerprint density at radius 1 is 1.57 bits per heavy atom. The maximum absolute atomic E-state index is 12.7. The number of pyridine rings is 1. The number of anilines is 1. The van der Waals surface area contributed by atoms with Crippen LogP contribution in [0.5, 0.6) is 0 Å². The summed E-state index contributed by atoms with van der Waals surface area (Å²) < 4.78 is 12.7. The Morgan fingerprint density at radius 3 is 2.86 bits per heavy atom. The summed E-state index contributed by atoms with van der Waals surface area (Å²) >= 11 is 0. The van der Waals surface area contributed by atoms with Crippen LogP contribution in [0.2, 0.25) is 0 Å². The Morgan fingerprint density at radius 2 is 2.29 bits per heavy atom. The van der Waals surface area contributed by atoms with Gasteiger partial charge in [-0.25, -0.2) is 9.37 Å². The number of hydrogen-bond donors (Lipinski definition) is 2. The molecule has 1 heterocycles. The van der Waals surface area contributed by atoms with Gasteiger partial charge in [0.25, 0.3) is 0 Å². The molecular formula is C10H15FN2O. The molecule has 0 fully saturated rings. The van der Waals surface area contributed by atoms with Gasteiger partial charge in [0.2, 0.25) is 0 Å². The van der Waals surface area contributed by atoms with Crippen LogP contribution >= 0.6 is 0 Å². The van der Waals surface area contributed by atoms with Crippen molar-refractivity contribution in [1.29, 1.82) is 0 Å². The van der Waals surface area contributed by atoms with Crippen molar-refractivity contribution in [2.24, 2.45) is 5.92 Å². The highest BCUT2D eigenvalue weighted by molar-refractivity contribution is 5.43. The van der Waals surface area contributed by atoms with E-state index in [-0.39, 0.29) is 6.61 Å². The molecule has 3 nitrogen and oxygen atoms in total. The molecule has 14 heavy (non-hydrogen) atoms. The van der Waals surface area contributed by atoms with Crippen molar-refractivity contribution in [2.75, 3.05) is 11.9 Å². The highest BCUT2D eigenvalue weighted by atomic mass is 19.1. The molecule has 1 aromatic heterocycles. The van der Waals surface area contributed by atoms with Crippen LogP contribution in [0.3, 0.4) is 0 Å². The second-order valence-corrected chi connectivity index (χ2v) is 3.59. The van der Waals surface area contributed by atoms with Crippen LogP contribution in [0, 0.1) is 11.7 Å². The normalized spacial score (nSPS) is 10.6. The number of rotatable bonds is 4. The molecule has 0 saturated heterocycles. The summed E-state index contributed by atoms with van der Waals surface area (Å²) in [4.78, 5) is 3.87. The topological polar surface area (TPSA) is 45.2 Å². The van der Waals surface area contributed by atoms with Gasteiger partial charge in [-0.3, -0.25) is 0 Å². The monoisotopic (exact) mass is 198 g/mol. The molecule has 0 aromatic carbocycles. The van der Waals surface area contributed by atoms with Gasteiger partial charge in [-0.05, 0) is 12.0 Å². The second-order valence-electron chi connectivity index (χ2n) is 3.59. The third-order valence-electron chi connectivity index (χ3n) is 1.78. The standard InChI is InChI=1S/C10H15FN2O/c1-7(2)4-12-10-8(6-14)3-9(11)5-13-10/h3,5,7,14H,4,6H2,1-2H3,(H,12,13). The van der Waals surface area contributed by atoms with E-state index in [0.29, 0.717) is 17.3 Å². The number of halogens is 1. The minimum atomic E-state index is -0.427. The smallest absolute Gasteiger partial charge is 0.142 e. The number of aromatic nitrogens is 1. The minimum absolute atomic E-state index is 0.203. The van der Waals surface area contributed by atoms with Gasteiger partial charge >= 0.3 is 0 Å². The summed E-state index contributed by atoms with van der Waals surface area (Å²) in [5, 5.41) is 12.0. The molecule has 0 saturated carbocycles. The lowest BCUT2D eigenvalue weighted by Gasteiger charge is -2.11. The first-order chi connectivity index (χ1) is 6.63. The Labute approximate surface area is 83.0 Å². The molecule has 78 valence electrons. The zero-order valence-electron chi connectivity index (χ0n) is 8.42. The van der Waals surface area contributed by atoms with E-state index < -0.39 is 5.82 Å². The van der Waals surface area contributed by atoms with Gasteiger partial charge in [0.05, 0.1) is 12.8 Å². The van der Waals surface area contributed by atoms with Crippen LogP contribution in [-0.4, -0.2) is 16.6 Å². The van der Waals surface area contributed by atoms with Crippen LogP contribution in [0.1, 0.15) is 19.4 Å². The lowest BCUT2D eigenvalue weighted by Crippen LogP contribution is -2.11. The van der Waals surface area contributed by atoms with Crippen molar-refractivity contribution in [2.45, 2.75) is 20.5 Å². The molecule has 2 N–H and O–H groups in total. The Balaban J connectivity index is 2.75. The summed E-state index contributed by atoms with van der Waals surface area (Å²) in [5.74, 6) is 0.611. The number of nitrogens with zero attached hydrogens (tertiary/aromatic N) is 1. The van der Waals surface area contributed by atoms with Gasteiger partial charge in [0.15, 0.2) is 0 Å². The zero-order valence-corrected chi connectivity index (χ0v) is 8.42. The van der Waals surface area contributed by atoms with Crippen molar-refractivity contribution in [3.63, 3.8) is 0 Å². The fraction of sp³-hybridized carbons (Fsp3) is 0.500. The molecular weight excluding hydrogens is 183 g/mol. The minimum Gasteiger partial charge on any atom is -0.392 e. The molecule has 0 bridgehead atoms. The number of aliphatic hydroxyl groups excluding tert-OH is 1. The molecule has 0 unspecified atom stereocenters. The summed E-state index contributed by atoms with van der Waals surface area (Å²) in [6.07, 6.45) is 1.14. The zero-order chi connectivity index (χ0) is 10.6. The molecule has 0 atom stereocenters. The van der Waals surface area contributed by atoms with Crippen LogP contribution in [-0.2, 0) is 6.61 Å². The molecule has 0 amide bonds. The van der Waals surface area contributed by atoms with E-state index in [2.05, 4.69) is 24.1 Å². The fourth-order valence-corrected chi connectivity index (χ4v) is 1.06. The molecule has 0 aliphatic carbocycles. The van der Waals surface area contributed by atoms with Gasteiger partial charge in [-0.2, -0.15) is 0 Å². The van der Waals surface area contributed by atoms with Crippen LogP contribution in [0.4, 0.5) is 10.2 Å². The highest BCUT2D eigenvalue weighted by Gasteiger charge is 2.04. The first kappa shape index (κ1) is 10.9. The van der Waals surface area contributed by atoms with Gasteiger partial charge in [0, 0.05) is 12.1 Å². The van der Waals surface area contributed by atoms with E-state index in [1.54, 1.807) is 0 Å². The van der Waals surface area contributed by atoms with Gasteiger partial charge in [0.1, 0.15) is 11.6 Å². The summed E-state index contributed by atoms with van der Waals surface area (Å²) in [6.45, 7) is 4.68. The molecule has 0 spiro atoms. The van der Waals surface area contributed by atoms with E-state index >= 15 is 0 Å². The van der Waals surface area contributed by atoms with Gasteiger partial charge in [-0.1, -0.05) is 13.8 Å². The molecule has 1 aromatic rings. The number of hydrogen-bond acceptors (Lipinski definition) is 3. The summed E-state index contributed by atoms with van der Waals surface area (Å²) in [6, 6.07) is 1.29. The lowest BCUT2D eigenvalue weighted by atomic mass is 10.2. The highest BCUT2D eigenvalue weighted by Crippen LogP contribution is 2.13. The van der Waals surface area contributed by atoms with Crippen LogP contribution < -0.4 is 5.32 Å². The predicted octanol–water partition coefficient (Wildman–Crippen LogP) is 1.78. The molecule has 1 rings (SSSR count). The average Bonchev–Trinajstić information content (AvgIpc) is 2.15. The van der Waals surface area contributed by atoms with E-state index in [1.807, 2.05) is 0 Å². The van der Waals surface area contributed by atoms with Gasteiger partial charge in [-0.15, -0.1) is 0 Å². The summed E-state index contributed by atoms with van der Waals surface area (Å²) in [7, 11) is 0. The van der Waals surface area contributed by atoms with Crippen molar-refractivity contribution < 1.29 is 9.50 Å². The maximum Gasteiger partial charge on any atom is 0.142 e. The van der Waals surface area contributed by atoms with E-state index in [0.717, 1.165) is 12.7 Å². The Bertz CT molecular complexity index is 302. The van der Waals surface area contributed by atoms with Crippen molar-refractivity contribution in [3.05, 3.63) is 23.6 Å². The first-order valence-corrected chi connectivity index (χ1v) is 4.62. The third-order valence-corrected chi connectivity index (χ3v) is 1.78. The predicted molar refractivity (Wildman–Crippen MR) is 53.4 cm³/mol. The Kier molecular flexibility index (Phi) is 3.83. The average molecular weight is 198 g/mol. The van der Waals surface area contributed by atoms with Crippen LogP contribution in [0.25, 0.3) is 0 Å². The largest absolute Gasteiger partial charge is 0.392 e. The van der Waals surface area contributed by atoms with Crippen molar-refractivity contribution in [3.8, 4) is 0 Å². The van der Waals surface area contributed by atoms with Crippen LogP contribution in [0.15, 0.2) is 12.3 Å². The molecule has 0 aliphatic heterocycles. The number of aliphatic hydroxyl groups is 1. The number of nitrogens with one attached hydrogen (secondary N) is 1. The lowest BCUT2D eigenvalue weighted by molar-refractivity contribution is 0.281. The molecule has 0 aliphatic rings. The van der Waals surface area contributed by atoms with Crippen molar-refractivity contribution >= 4 is 5.82 Å². The third kappa shape index (κ3) is 2.96. The fourth-order valence-electron chi connectivity index (χ4n) is 1.06. The molecule has 0 radical (unpaired) electrons. The second kappa shape index (κ2) is 4.91. The molecule has 4 heteroatoms. The van der Waals surface area contributed by atoms with Crippen molar-refractivity contribution in [1.82, 2.24) is 4.98 Å². The van der Waals surface area contributed by atoms with Gasteiger partial charge < -0.3 is 10.4 Å². The quantitative estimate of drug-likeness (QED) is 0.775. The Hall–Kier alpha value is -1.16. The maximum atomic E-state index is 12.7. The first-order valence-electron chi connectivity index (χ1n) is 4.62. The summed E-state index contributed by atoms with van der Waals surface area (Å²) in [5.41, 5.74) is 0.491. The van der Waals surface area contributed by atoms with E-state index in [4.69, 9.17) is 5.11 Å². The van der Waals surface area contributed by atoms with E-state index in [1.165, 1.54) is 6.07 Å².